The zero-order chi connectivity index (χ0) is 18.5. The molecule has 0 fully saturated rings. The van der Waals surface area contributed by atoms with Crippen molar-refractivity contribution in [2.75, 3.05) is 20.5 Å². The molecule has 0 spiro atoms. The third-order valence-electron chi connectivity index (χ3n) is 3.63. The smallest absolute Gasteiger partial charge is 0.331 e. The van der Waals surface area contributed by atoms with Crippen LogP contribution in [0.5, 0.6) is 17.2 Å². The van der Waals surface area contributed by atoms with Crippen LogP contribution in [-0.2, 0) is 9.53 Å². The molecule has 2 aromatic rings. The Morgan fingerprint density at radius 3 is 2.77 bits per heavy atom. The van der Waals surface area contributed by atoms with E-state index in [1.807, 2.05) is 6.07 Å². The van der Waals surface area contributed by atoms with Crippen molar-refractivity contribution in [2.45, 2.75) is 0 Å². The maximum Gasteiger partial charge on any atom is 0.331 e. The Balaban J connectivity index is 1.59. The van der Waals surface area contributed by atoms with E-state index in [-0.39, 0.29) is 19.2 Å². The van der Waals surface area contributed by atoms with Crippen LogP contribution in [0.25, 0.3) is 6.08 Å². The molecule has 0 unspecified atom stereocenters. The Labute approximate surface area is 158 Å². The van der Waals surface area contributed by atoms with Crippen molar-refractivity contribution >= 4 is 33.8 Å². The van der Waals surface area contributed by atoms with Crippen molar-refractivity contribution in [1.29, 1.82) is 0 Å². The van der Waals surface area contributed by atoms with Crippen molar-refractivity contribution in [1.82, 2.24) is 0 Å². The van der Waals surface area contributed by atoms with Gasteiger partial charge >= 0.3 is 5.97 Å². The van der Waals surface area contributed by atoms with Crippen LogP contribution in [0.3, 0.4) is 0 Å². The van der Waals surface area contributed by atoms with Crippen LogP contribution in [-0.4, -0.2) is 32.3 Å². The first kappa shape index (κ1) is 18.0. The molecule has 0 amide bonds. The number of rotatable bonds is 6. The summed E-state index contributed by atoms with van der Waals surface area (Å²) in [6.45, 7) is -0.232. The van der Waals surface area contributed by atoms with Crippen LogP contribution in [0, 0.1) is 0 Å². The van der Waals surface area contributed by atoms with Crippen molar-refractivity contribution < 1.29 is 28.5 Å². The Bertz CT molecular complexity index is 874. The molecule has 0 N–H and O–H groups in total. The van der Waals surface area contributed by atoms with E-state index in [1.165, 1.54) is 6.08 Å². The summed E-state index contributed by atoms with van der Waals surface area (Å²) in [6, 6.07) is 10.2. The minimum Gasteiger partial charge on any atom is -0.496 e. The van der Waals surface area contributed by atoms with E-state index >= 15 is 0 Å². The molecule has 134 valence electrons. The lowest BCUT2D eigenvalue weighted by Gasteiger charge is -2.05. The third-order valence-corrected chi connectivity index (χ3v) is 4.12. The zero-order valence-corrected chi connectivity index (χ0v) is 15.4. The van der Waals surface area contributed by atoms with E-state index in [0.717, 1.165) is 4.47 Å². The van der Waals surface area contributed by atoms with Gasteiger partial charge in [-0.2, -0.15) is 0 Å². The lowest BCUT2D eigenvalue weighted by atomic mass is 10.1. The van der Waals surface area contributed by atoms with E-state index in [0.29, 0.717) is 28.4 Å². The highest BCUT2D eigenvalue weighted by atomic mass is 79.9. The normalized spacial score (nSPS) is 12.2. The first-order chi connectivity index (χ1) is 12.6. The lowest BCUT2D eigenvalue weighted by molar-refractivity contribution is -0.136. The van der Waals surface area contributed by atoms with Crippen LogP contribution in [0.1, 0.15) is 15.9 Å². The van der Waals surface area contributed by atoms with Crippen LogP contribution < -0.4 is 14.2 Å². The zero-order valence-electron chi connectivity index (χ0n) is 13.9. The molecule has 0 radical (unpaired) electrons. The number of Topliss-reactive ketones (excluding diaryl/α,β-unsaturated/α-hetero) is 1. The first-order valence-electron chi connectivity index (χ1n) is 7.68. The maximum absolute atomic E-state index is 12.1. The highest BCUT2D eigenvalue weighted by Gasteiger charge is 2.16. The van der Waals surface area contributed by atoms with Gasteiger partial charge in [0.1, 0.15) is 5.75 Å². The fourth-order valence-corrected chi connectivity index (χ4v) is 2.71. The van der Waals surface area contributed by atoms with Crippen LogP contribution in [0.15, 0.2) is 46.9 Å². The predicted molar refractivity (Wildman–Crippen MR) is 97.6 cm³/mol. The van der Waals surface area contributed by atoms with Crippen molar-refractivity contribution in [3.63, 3.8) is 0 Å². The molecule has 1 heterocycles. The first-order valence-corrected chi connectivity index (χ1v) is 8.47. The van der Waals surface area contributed by atoms with Gasteiger partial charge in [0.2, 0.25) is 6.79 Å². The van der Waals surface area contributed by atoms with Crippen molar-refractivity contribution in [2.24, 2.45) is 0 Å². The molecule has 2 aromatic carbocycles. The number of esters is 1. The fourth-order valence-electron chi connectivity index (χ4n) is 2.33. The Kier molecular flexibility index (Phi) is 5.58. The summed E-state index contributed by atoms with van der Waals surface area (Å²) in [6.07, 6.45) is 2.81. The van der Waals surface area contributed by atoms with Gasteiger partial charge in [-0.25, -0.2) is 4.79 Å². The molecule has 26 heavy (non-hydrogen) atoms. The highest BCUT2D eigenvalue weighted by molar-refractivity contribution is 9.10. The fraction of sp³-hybridized carbons (Fsp3) is 0.158. The van der Waals surface area contributed by atoms with Gasteiger partial charge in [-0.1, -0.05) is 15.9 Å². The number of carbonyl (C=O) groups excluding carboxylic acids is 2. The molecule has 1 aliphatic rings. The number of hydrogen-bond acceptors (Lipinski definition) is 6. The van der Waals surface area contributed by atoms with Gasteiger partial charge in [0.25, 0.3) is 0 Å². The SMILES string of the molecule is COc1ccc(Br)cc1/C=C/C(=O)OCC(=O)c1ccc2c(c1)OCO2. The van der Waals surface area contributed by atoms with Crippen LogP contribution >= 0.6 is 15.9 Å². The summed E-state index contributed by atoms with van der Waals surface area (Å²) < 4.78 is 21.5. The van der Waals surface area contributed by atoms with Gasteiger partial charge in [0.05, 0.1) is 7.11 Å². The van der Waals surface area contributed by atoms with Gasteiger partial charge < -0.3 is 18.9 Å². The van der Waals surface area contributed by atoms with E-state index < -0.39 is 5.97 Å². The van der Waals surface area contributed by atoms with E-state index in [4.69, 9.17) is 18.9 Å². The van der Waals surface area contributed by atoms with Gasteiger partial charge in [-0.15, -0.1) is 0 Å². The van der Waals surface area contributed by atoms with Crippen LogP contribution in [0.4, 0.5) is 0 Å². The summed E-state index contributed by atoms with van der Waals surface area (Å²) in [4.78, 5) is 24.0. The van der Waals surface area contributed by atoms with E-state index in [1.54, 1.807) is 43.5 Å². The molecule has 1 aliphatic heterocycles. The van der Waals surface area contributed by atoms with Crippen molar-refractivity contribution in [3.8, 4) is 17.2 Å². The molecule has 0 saturated heterocycles. The molecule has 3 rings (SSSR count). The predicted octanol–water partition coefficient (Wildman–Crippen LogP) is 3.63. The van der Waals surface area contributed by atoms with Gasteiger partial charge in [0, 0.05) is 21.7 Å². The largest absolute Gasteiger partial charge is 0.496 e. The Hall–Kier alpha value is -2.80. The van der Waals surface area contributed by atoms with Crippen molar-refractivity contribution in [3.05, 3.63) is 58.1 Å². The second-order valence-corrected chi connectivity index (χ2v) is 6.23. The minimum atomic E-state index is -0.624. The average molecular weight is 419 g/mol. The molecule has 0 atom stereocenters. The maximum atomic E-state index is 12.1. The molecule has 7 heteroatoms. The number of methoxy groups -OCH3 is 1. The van der Waals surface area contributed by atoms with Gasteiger partial charge in [-0.05, 0) is 42.5 Å². The van der Waals surface area contributed by atoms with Crippen LogP contribution in [0.2, 0.25) is 0 Å². The van der Waals surface area contributed by atoms with Gasteiger partial charge in [-0.3, -0.25) is 4.79 Å². The van der Waals surface area contributed by atoms with E-state index in [9.17, 15) is 9.59 Å². The number of benzene rings is 2. The third kappa shape index (κ3) is 4.23. The molecule has 0 saturated carbocycles. The molecular weight excluding hydrogens is 404 g/mol. The monoisotopic (exact) mass is 418 g/mol. The highest BCUT2D eigenvalue weighted by Crippen LogP contribution is 2.32. The van der Waals surface area contributed by atoms with E-state index in [2.05, 4.69) is 15.9 Å². The molecular formula is C19H15BrO6. The summed E-state index contributed by atoms with van der Waals surface area (Å²) in [7, 11) is 1.54. The average Bonchev–Trinajstić information content (AvgIpc) is 3.12. The summed E-state index contributed by atoms with van der Waals surface area (Å²) >= 11 is 3.36. The minimum absolute atomic E-state index is 0.131. The number of ether oxygens (including phenoxy) is 4. The second-order valence-electron chi connectivity index (χ2n) is 5.32. The standard InChI is InChI=1S/C19H15BrO6/c1-23-16-6-4-14(20)8-13(16)3-7-19(22)24-10-15(21)12-2-5-17-18(9-12)26-11-25-17/h2-9H,10-11H2,1H3/b7-3+. The number of carbonyl (C=O) groups is 2. The van der Waals surface area contributed by atoms with Gasteiger partial charge in [0.15, 0.2) is 23.9 Å². The quantitative estimate of drug-likeness (QED) is 0.405. The molecule has 0 aromatic heterocycles. The molecule has 6 nitrogen and oxygen atoms in total. The summed E-state index contributed by atoms with van der Waals surface area (Å²) in [5.74, 6) is 0.758. The number of ketones is 1. The lowest BCUT2D eigenvalue weighted by Crippen LogP contribution is -2.12. The Morgan fingerprint density at radius 1 is 1.15 bits per heavy atom. The molecule has 0 aliphatic carbocycles. The second kappa shape index (κ2) is 8.05. The number of fused-ring (bicyclic) bond motifs is 1. The summed E-state index contributed by atoms with van der Waals surface area (Å²) in [5, 5.41) is 0. The molecule has 0 bridgehead atoms. The topological polar surface area (TPSA) is 71.1 Å². The number of hydrogen-bond donors (Lipinski definition) is 0. The summed E-state index contributed by atoms with van der Waals surface area (Å²) in [5.41, 5.74) is 1.10. The Morgan fingerprint density at radius 2 is 1.96 bits per heavy atom. The number of halogens is 1.